The summed E-state index contributed by atoms with van der Waals surface area (Å²) in [5.74, 6) is 0.243. The molecule has 0 spiro atoms. The van der Waals surface area contributed by atoms with E-state index in [1.54, 1.807) is 31.4 Å². The van der Waals surface area contributed by atoms with Crippen LogP contribution in [0, 0.1) is 0 Å². The van der Waals surface area contributed by atoms with Crippen LogP contribution in [0.3, 0.4) is 0 Å². The second-order valence-corrected chi connectivity index (χ2v) is 6.35. The van der Waals surface area contributed by atoms with Crippen LogP contribution in [0.25, 0.3) is 6.08 Å². The zero-order chi connectivity index (χ0) is 19.4. The summed E-state index contributed by atoms with van der Waals surface area (Å²) in [4.78, 5) is 28.4. The van der Waals surface area contributed by atoms with E-state index in [9.17, 15) is 9.59 Å². The molecule has 6 nitrogen and oxygen atoms in total. The molecular weight excluding hydrogens is 352 g/mol. The van der Waals surface area contributed by atoms with E-state index in [1.165, 1.54) is 9.80 Å². The molecule has 0 N–H and O–H groups in total. The highest BCUT2D eigenvalue weighted by Crippen LogP contribution is 2.34. The van der Waals surface area contributed by atoms with Crippen molar-refractivity contribution in [1.82, 2.24) is 9.80 Å². The van der Waals surface area contributed by atoms with Crippen molar-refractivity contribution < 1.29 is 19.1 Å². The monoisotopic (exact) mass is 376 g/mol. The maximum Gasteiger partial charge on any atom is 0.265 e. The van der Waals surface area contributed by atoms with Crippen molar-refractivity contribution in [1.29, 1.82) is 0 Å². The first-order valence-electron chi connectivity index (χ1n) is 8.58. The molecule has 1 aromatic rings. The van der Waals surface area contributed by atoms with Gasteiger partial charge in [-0.3, -0.25) is 19.4 Å². The van der Waals surface area contributed by atoms with Crippen molar-refractivity contribution in [2.45, 2.75) is 33.8 Å². The predicted octanol–water partition coefficient (Wildman–Crippen LogP) is 2.86. The van der Waals surface area contributed by atoms with Crippen LogP contribution in [0.5, 0.6) is 11.5 Å². The number of thiocarbonyl (C=S) groups is 1. The Labute approximate surface area is 159 Å². The Morgan fingerprint density at radius 2 is 1.69 bits per heavy atom. The first kappa shape index (κ1) is 19.9. The lowest BCUT2D eigenvalue weighted by atomic mass is 10.0. The highest BCUT2D eigenvalue weighted by Gasteiger charge is 2.38. The summed E-state index contributed by atoms with van der Waals surface area (Å²) >= 11 is 5.28. The summed E-state index contributed by atoms with van der Waals surface area (Å²) in [5, 5.41) is 0.242. The summed E-state index contributed by atoms with van der Waals surface area (Å²) < 4.78 is 11.2. The van der Waals surface area contributed by atoms with Crippen molar-refractivity contribution in [3.05, 3.63) is 29.3 Å². The maximum absolute atomic E-state index is 12.8. The molecule has 1 saturated heterocycles. The Bertz CT molecular complexity index is 730. The summed E-state index contributed by atoms with van der Waals surface area (Å²) in [7, 11) is 1.55. The first-order valence-corrected chi connectivity index (χ1v) is 8.99. The minimum absolute atomic E-state index is 0.0594. The van der Waals surface area contributed by atoms with Crippen molar-refractivity contribution in [2.24, 2.45) is 0 Å². The Hall–Kier alpha value is -2.41. The fourth-order valence-corrected chi connectivity index (χ4v) is 3.13. The number of carbonyl (C=O) groups excluding carboxylic acids is 2. The van der Waals surface area contributed by atoms with Gasteiger partial charge in [0, 0.05) is 18.7 Å². The van der Waals surface area contributed by atoms with E-state index in [4.69, 9.17) is 21.7 Å². The number of benzene rings is 1. The number of rotatable bonds is 6. The molecule has 7 heteroatoms. The van der Waals surface area contributed by atoms with Gasteiger partial charge in [0.15, 0.2) is 16.6 Å². The number of ether oxygens (including phenoxy) is 2. The van der Waals surface area contributed by atoms with Crippen LogP contribution in [-0.2, 0) is 9.59 Å². The third-order valence-electron chi connectivity index (χ3n) is 3.93. The molecule has 1 fully saturated rings. The highest BCUT2D eigenvalue weighted by atomic mass is 32.1. The molecule has 26 heavy (non-hydrogen) atoms. The van der Waals surface area contributed by atoms with Gasteiger partial charge in [-0.2, -0.15) is 0 Å². The van der Waals surface area contributed by atoms with Gasteiger partial charge in [-0.1, -0.05) is 12.1 Å². The topological polar surface area (TPSA) is 59.1 Å². The average molecular weight is 376 g/mol. The van der Waals surface area contributed by atoms with Gasteiger partial charge in [0.05, 0.1) is 13.2 Å². The van der Waals surface area contributed by atoms with Gasteiger partial charge >= 0.3 is 0 Å². The minimum atomic E-state index is -0.398. The first-order chi connectivity index (χ1) is 12.3. The quantitative estimate of drug-likeness (QED) is 0.434. The number of hydrogen-bond acceptors (Lipinski definition) is 5. The standard InChI is InChI=1S/C19H24N2O4S/c1-6-20-17(22)14(18(23)21(7-2)19(20)26)11-13-9-8-10-15(24-5)16(13)25-12(3)4/h8-12H,6-7H2,1-5H3. The lowest BCUT2D eigenvalue weighted by molar-refractivity contribution is -0.133. The number of hydrogen-bond donors (Lipinski definition) is 0. The normalized spacial score (nSPS) is 15.0. The maximum atomic E-state index is 12.8. The number of carbonyl (C=O) groups is 2. The molecule has 1 aliphatic heterocycles. The summed E-state index contributed by atoms with van der Waals surface area (Å²) in [5.41, 5.74) is 0.666. The third-order valence-corrected chi connectivity index (χ3v) is 4.37. The van der Waals surface area contributed by atoms with E-state index >= 15 is 0 Å². The van der Waals surface area contributed by atoms with Crippen LogP contribution in [0.2, 0.25) is 0 Å². The SMILES string of the molecule is CCN1C(=O)C(=Cc2cccc(OC)c2OC(C)C)C(=O)N(CC)C1=S. The fraction of sp³-hybridized carbons (Fsp3) is 0.421. The molecule has 0 atom stereocenters. The number of nitrogens with zero attached hydrogens (tertiary/aromatic N) is 2. The van der Waals surface area contributed by atoms with E-state index in [0.717, 1.165) is 0 Å². The molecular formula is C19H24N2O4S. The molecule has 0 aromatic heterocycles. The van der Waals surface area contributed by atoms with Gasteiger partial charge in [-0.25, -0.2) is 0 Å². The van der Waals surface area contributed by atoms with Crippen molar-refractivity contribution in [3.8, 4) is 11.5 Å². The van der Waals surface area contributed by atoms with Gasteiger partial charge in [0.1, 0.15) is 5.57 Å². The number of para-hydroxylation sites is 1. The summed E-state index contributed by atoms with van der Waals surface area (Å²) in [6.45, 7) is 8.24. The molecule has 0 aliphatic carbocycles. The number of methoxy groups -OCH3 is 1. The summed E-state index contributed by atoms with van der Waals surface area (Å²) in [6, 6.07) is 5.35. The van der Waals surface area contributed by atoms with Crippen LogP contribution in [0.4, 0.5) is 0 Å². The molecule has 2 amide bonds. The molecule has 0 unspecified atom stereocenters. The Morgan fingerprint density at radius 3 is 2.15 bits per heavy atom. The fourth-order valence-electron chi connectivity index (χ4n) is 2.71. The summed E-state index contributed by atoms with van der Waals surface area (Å²) in [6.07, 6.45) is 1.46. The van der Waals surface area contributed by atoms with E-state index < -0.39 is 11.8 Å². The highest BCUT2D eigenvalue weighted by molar-refractivity contribution is 7.80. The smallest absolute Gasteiger partial charge is 0.265 e. The Kier molecular flexibility index (Phi) is 6.37. The van der Waals surface area contributed by atoms with Crippen molar-refractivity contribution >= 4 is 35.2 Å². The number of amides is 2. The number of likely N-dealkylation sites (N-methyl/N-ethyl adjacent to an activating group) is 2. The van der Waals surface area contributed by atoms with Crippen LogP contribution < -0.4 is 9.47 Å². The van der Waals surface area contributed by atoms with Crippen LogP contribution in [0.15, 0.2) is 23.8 Å². The molecule has 2 rings (SSSR count). The van der Waals surface area contributed by atoms with Gasteiger partial charge < -0.3 is 9.47 Å². The largest absolute Gasteiger partial charge is 0.493 e. The zero-order valence-electron chi connectivity index (χ0n) is 15.7. The van der Waals surface area contributed by atoms with Gasteiger partial charge in [0.25, 0.3) is 11.8 Å². The van der Waals surface area contributed by atoms with E-state index in [0.29, 0.717) is 30.2 Å². The lowest BCUT2D eigenvalue weighted by Crippen LogP contribution is -2.55. The van der Waals surface area contributed by atoms with Crippen LogP contribution in [-0.4, -0.2) is 53.0 Å². The van der Waals surface area contributed by atoms with Gasteiger partial charge in [0.2, 0.25) is 0 Å². The van der Waals surface area contributed by atoms with Crippen LogP contribution in [0.1, 0.15) is 33.3 Å². The zero-order valence-corrected chi connectivity index (χ0v) is 16.6. The lowest BCUT2D eigenvalue weighted by Gasteiger charge is -2.35. The van der Waals surface area contributed by atoms with Crippen molar-refractivity contribution in [2.75, 3.05) is 20.2 Å². The van der Waals surface area contributed by atoms with Gasteiger partial charge in [-0.05, 0) is 52.1 Å². The third kappa shape index (κ3) is 3.72. The average Bonchev–Trinajstić information content (AvgIpc) is 2.60. The molecule has 0 bridgehead atoms. The van der Waals surface area contributed by atoms with E-state index in [1.807, 2.05) is 27.7 Å². The van der Waals surface area contributed by atoms with E-state index in [-0.39, 0.29) is 16.8 Å². The minimum Gasteiger partial charge on any atom is -0.493 e. The van der Waals surface area contributed by atoms with Crippen LogP contribution >= 0.6 is 12.2 Å². The van der Waals surface area contributed by atoms with E-state index in [2.05, 4.69) is 0 Å². The molecule has 140 valence electrons. The molecule has 1 aliphatic rings. The molecule has 1 aromatic carbocycles. The predicted molar refractivity (Wildman–Crippen MR) is 104 cm³/mol. The Morgan fingerprint density at radius 1 is 1.12 bits per heavy atom. The van der Waals surface area contributed by atoms with Crippen molar-refractivity contribution in [3.63, 3.8) is 0 Å². The second kappa shape index (κ2) is 8.31. The second-order valence-electron chi connectivity index (χ2n) is 5.98. The van der Waals surface area contributed by atoms with Gasteiger partial charge in [-0.15, -0.1) is 0 Å². The molecule has 0 radical (unpaired) electrons. The molecule has 0 saturated carbocycles. The molecule has 1 heterocycles. The Balaban J connectivity index is 2.58.